The Hall–Kier alpha value is -2.43. The molecule has 4 nitrogen and oxygen atoms in total. The number of benzene rings is 1. The highest BCUT2D eigenvalue weighted by atomic mass is 19.1. The van der Waals surface area contributed by atoms with Crippen LogP contribution < -0.4 is 0 Å². The van der Waals surface area contributed by atoms with Crippen LogP contribution in [-0.2, 0) is 4.74 Å². The number of ether oxygens (including phenoxy) is 1. The molecular weight excluding hydrogens is 239 g/mol. The Balaban J connectivity index is 2.26. The van der Waals surface area contributed by atoms with E-state index in [0.717, 1.165) is 0 Å². The third-order valence-electron chi connectivity index (χ3n) is 2.32. The Bertz CT molecular complexity index is 583. The maximum absolute atomic E-state index is 12.7. The second-order valence-electron chi connectivity index (χ2n) is 3.49. The van der Waals surface area contributed by atoms with Crippen LogP contribution in [0.1, 0.15) is 26.7 Å². The number of furan rings is 1. The Morgan fingerprint density at radius 3 is 2.28 bits per heavy atom. The summed E-state index contributed by atoms with van der Waals surface area (Å²) in [4.78, 5) is 23.1. The quantitative estimate of drug-likeness (QED) is 0.618. The molecule has 0 spiro atoms. The standard InChI is InChI=1S/C13H9FO4/c1-17-13(16)11-7-6-10(18-11)12(15)8-2-4-9(14)5-3-8/h2-7H,1H3. The maximum Gasteiger partial charge on any atom is 0.373 e. The van der Waals surface area contributed by atoms with Crippen molar-refractivity contribution < 1.29 is 23.1 Å². The summed E-state index contributed by atoms with van der Waals surface area (Å²) in [6.45, 7) is 0. The van der Waals surface area contributed by atoms with Gasteiger partial charge in [-0.15, -0.1) is 0 Å². The van der Waals surface area contributed by atoms with Gasteiger partial charge in [0, 0.05) is 5.56 Å². The number of hydrogen-bond donors (Lipinski definition) is 0. The zero-order valence-corrected chi connectivity index (χ0v) is 9.48. The fourth-order valence-electron chi connectivity index (χ4n) is 1.41. The molecule has 1 aromatic carbocycles. The Morgan fingerprint density at radius 2 is 1.67 bits per heavy atom. The monoisotopic (exact) mass is 248 g/mol. The van der Waals surface area contributed by atoms with Gasteiger partial charge in [0.15, 0.2) is 5.76 Å². The van der Waals surface area contributed by atoms with Gasteiger partial charge in [0.1, 0.15) is 5.82 Å². The van der Waals surface area contributed by atoms with Crippen molar-refractivity contribution in [1.82, 2.24) is 0 Å². The summed E-state index contributed by atoms with van der Waals surface area (Å²) in [5, 5.41) is 0. The van der Waals surface area contributed by atoms with Crippen LogP contribution in [0.3, 0.4) is 0 Å². The normalized spacial score (nSPS) is 10.1. The molecule has 5 heteroatoms. The molecule has 0 unspecified atom stereocenters. The number of carbonyl (C=O) groups is 2. The predicted octanol–water partition coefficient (Wildman–Crippen LogP) is 2.44. The molecule has 1 aromatic heterocycles. The highest BCUT2D eigenvalue weighted by molar-refractivity contribution is 6.07. The van der Waals surface area contributed by atoms with E-state index in [2.05, 4.69) is 4.74 Å². The van der Waals surface area contributed by atoms with E-state index in [0.29, 0.717) is 0 Å². The Labute approximate surface area is 102 Å². The van der Waals surface area contributed by atoms with Gasteiger partial charge in [-0.3, -0.25) is 4.79 Å². The van der Waals surface area contributed by atoms with Crippen molar-refractivity contribution in [3.63, 3.8) is 0 Å². The first-order valence-electron chi connectivity index (χ1n) is 5.10. The molecule has 0 radical (unpaired) electrons. The molecule has 2 rings (SSSR count). The third kappa shape index (κ3) is 2.29. The number of halogens is 1. The summed E-state index contributed by atoms with van der Waals surface area (Å²) in [5.41, 5.74) is 0.280. The molecule has 0 fully saturated rings. The van der Waals surface area contributed by atoms with E-state index >= 15 is 0 Å². The molecule has 0 saturated heterocycles. The SMILES string of the molecule is COC(=O)c1ccc(C(=O)c2ccc(F)cc2)o1. The first-order chi connectivity index (χ1) is 8.61. The van der Waals surface area contributed by atoms with Gasteiger partial charge < -0.3 is 9.15 Å². The van der Waals surface area contributed by atoms with Crippen LogP contribution in [0.5, 0.6) is 0 Å². The largest absolute Gasteiger partial charge is 0.463 e. The highest BCUT2D eigenvalue weighted by Gasteiger charge is 2.17. The van der Waals surface area contributed by atoms with E-state index < -0.39 is 17.6 Å². The summed E-state index contributed by atoms with van der Waals surface area (Å²) < 4.78 is 22.2. The van der Waals surface area contributed by atoms with Crippen molar-refractivity contribution in [3.8, 4) is 0 Å². The van der Waals surface area contributed by atoms with Gasteiger partial charge in [-0.25, -0.2) is 9.18 Å². The number of rotatable bonds is 3. The van der Waals surface area contributed by atoms with E-state index in [9.17, 15) is 14.0 Å². The predicted molar refractivity (Wildman–Crippen MR) is 59.9 cm³/mol. The molecule has 0 aliphatic heterocycles. The van der Waals surface area contributed by atoms with Crippen LogP contribution in [0.2, 0.25) is 0 Å². The summed E-state index contributed by atoms with van der Waals surface area (Å²) in [6, 6.07) is 7.77. The second kappa shape index (κ2) is 4.83. The van der Waals surface area contributed by atoms with E-state index in [-0.39, 0.29) is 17.1 Å². The van der Waals surface area contributed by atoms with Gasteiger partial charge in [-0.1, -0.05) is 0 Å². The lowest BCUT2D eigenvalue weighted by atomic mass is 10.1. The first-order valence-corrected chi connectivity index (χ1v) is 5.10. The lowest BCUT2D eigenvalue weighted by molar-refractivity contribution is 0.0563. The number of ketones is 1. The van der Waals surface area contributed by atoms with Crippen molar-refractivity contribution in [2.45, 2.75) is 0 Å². The Kier molecular flexibility index (Phi) is 3.23. The number of esters is 1. The zero-order valence-electron chi connectivity index (χ0n) is 9.48. The smallest absolute Gasteiger partial charge is 0.373 e. The maximum atomic E-state index is 12.7. The molecular formula is C13H9FO4. The molecule has 0 aliphatic carbocycles. The minimum absolute atomic E-state index is 0.00186. The lowest BCUT2D eigenvalue weighted by Gasteiger charge is -1.97. The van der Waals surface area contributed by atoms with Crippen molar-refractivity contribution in [1.29, 1.82) is 0 Å². The van der Waals surface area contributed by atoms with Crippen molar-refractivity contribution in [2.75, 3.05) is 7.11 Å². The van der Waals surface area contributed by atoms with Crippen molar-refractivity contribution in [3.05, 3.63) is 59.3 Å². The van der Waals surface area contributed by atoms with Gasteiger partial charge in [0.25, 0.3) is 0 Å². The Morgan fingerprint density at radius 1 is 1.06 bits per heavy atom. The van der Waals surface area contributed by atoms with Crippen LogP contribution in [0, 0.1) is 5.82 Å². The average molecular weight is 248 g/mol. The van der Waals surface area contributed by atoms with E-state index in [4.69, 9.17) is 4.42 Å². The topological polar surface area (TPSA) is 56.5 Å². The number of methoxy groups -OCH3 is 1. The van der Waals surface area contributed by atoms with Gasteiger partial charge in [0.05, 0.1) is 7.11 Å². The summed E-state index contributed by atoms with van der Waals surface area (Å²) in [7, 11) is 1.21. The minimum atomic E-state index is -0.659. The summed E-state index contributed by atoms with van der Waals surface area (Å²) >= 11 is 0. The zero-order chi connectivity index (χ0) is 13.1. The fourth-order valence-corrected chi connectivity index (χ4v) is 1.41. The fraction of sp³-hybridized carbons (Fsp3) is 0.0769. The van der Waals surface area contributed by atoms with Crippen LogP contribution >= 0.6 is 0 Å². The molecule has 92 valence electrons. The lowest BCUT2D eigenvalue weighted by Crippen LogP contribution is -2.01. The molecule has 0 bridgehead atoms. The molecule has 18 heavy (non-hydrogen) atoms. The van der Waals surface area contributed by atoms with Crippen LogP contribution in [-0.4, -0.2) is 18.9 Å². The molecule has 1 heterocycles. The summed E-state index contributed by atoms with van der Waals surface area (Å²) in [5.74, 6) is -1.57. The van der Waals surface area contributed by atoms with E-state index in [1.165, 1.54) is 43.5 Å². The molecule has 2 aromatic rings. The second-order valence-corrected chi connectivity index (χ2v) is 3.49. The van der Waals surface area contributed by atoms with E-state index in [1.807, 2.05) is 0 Å². The van der Waals surface area contributed by atoms with Crippen LogP contribution in [0.15, 0.2) is 40.8 Å². The molecule has 0 atom stereocenters. The average Bonchev–Trinajstić information content (AvgIpc) is 2.87. The number of hydrogen-bond acceptors (Lipinski definition) is 4. The minimum Gasteiger partial charge on any atom is -0.463 e. The molecule has 0 saturated carbocycles. The van der Waals surface area contributed by atoms with Gasteiger partial charge in [0.2, 0.25) is 11.5 Å². The molecule has 0 N–H and O–H groups in total. The van der Waals surface area contributed by atoms with Gasteiger partial charge in [-0.2, -0.15) is 0 Å². The molecule has 0 amide bonds. The van der Waals surface area contributed by atoms with Crippen molar-refractivity contribution in [2.24, 2.45) is 0 Å². The van der Waals surface area contributed by atoms with Crippen molar-refractivity contribution >= 4 is 11.8 Å². The third-order valence-corrected chi connectivity index (χ3v) is 2.32. The summed E-state index contributed by atoms with van der Waals surface area (Å²) in [6.07, 6.45) is 0. The van der Waals surface area contributed by atoms with E-state index in [1.54, 1.807) is 0 Å². The van der Waals surface area contributed by atoms with Crippen LogP contribution in [0.25, 0.3) is 0 Å². The molecule has 0 aliphatic rings. The van der Waals surface area contributed by atoms with Crippen LogP contribution in [0.4, 0.5) is 4.39 Å². The van der Waals surface area contributed by atoms with Gasteiger partial charge >= 0.3 is 5.97 Å². The first kappa shape index (κ1) is 12.0. The highest BCUT2D eigenvalue weighted by Crippen LogP contribution is 2.14. The van der Waals surface area contributed by atoms with Gasteiger partial charge in [-0.05, 0) is 36.4 Å². The number of carbonyl (C=O) groups excluding carboxylic acids is 2.